The van der Waals surface area contributed by atoms with Crippen LogP contribution in [-0.2, 0) is 9.47 Å². The molecule has 4 aliphatic rings. The summed E-state index contributed by atoms with van der Waals surface area (Å²) in [5.41, 5.74) is 4.89. The van der Waals surface area contributed by atoms with Crippen LogP contribution in [0.2, 0.25) is 0 Å². The Morgan fingerprint density at radius 3 is 1.86 bits per heavy atom. The van der Waals surface area contributed by atoms with Crippen molar-refractivity contribution in [3.05, 3.63) is 107 Å². The van der Waals surface area contributed by atoms with Crippen molar-refractivity contribution in [2.75, 3.05) is 0 Å². The number of fused-ring (bicyclic) bond motifs is 2. The summed E-state index contributed by atoms with van der Waals surface area (Å²) in [4.78, 5) is 0. The average Bonchev–Trinajstić information content (AvgIpc) is 3.34. The number of aliphatic hydroxyl groups is 2. The van der Waals surface area contributed by atoms with Crippen molar-refractivity contribution < 1.29 is 19.7 Å². The second-order valence-electron chi connectivity index (χ2n) is 15.4. The molecule has 6 unspecified atom stereocenters. The molecule has 0 aromatic heterocycles. The van der Waals surface area contributed by atoms with Crippen LogP contribution in [0.1, 0.15) is 94.9 Å². The predicted octanol–water partition coefficient (Wildman–Crippen LogP) is 8.97. The van der Waals surface area contributed by atoms with Gasteiger partial charge in [0.1, 0.15) is 11.2 Å². The first-order valence-electron chi connectivity index (χ1n) is 16.3. The molecule has 2 N–H and O–H groups in total. The zero-order valence-electron chi connectivity index (χ0n) is 28.8. The SMILES string of the molecule is C/C(=C/C=C/C(C)=C/C=C/C=C(C)/C=C/C=C(C)/C=C/C12OC1(C)CC(O)CC2(C)C)C1C=C2C(C)(C)CC(O)CC2(C)O1. The van der Waals surface area contributed by atoms with Crippen LogP contribution in [-0.4, -0.2) is 45.3 Å². The van der Waals surface area contributed by atoms with E-state index in [1.165, 1.54) is 27.9 Å². The van der Waals surface area contributed by atoms with Crippen LogP contribution in [0, 0.1) is 10.8 Å². The van der Waals surface area contributed by atoms with Gasteiger partial charge in [-0.2, -0.15) is 0 Å². The van der Waals surface area contributed by atoms with Crippen molar-refractivity contribution in [2.24, 2.45) is 10.8 Å². The molecule has 4 rings (SSSR count). The Hall–Kier alpha value is -2.50. The summed E-state index contributed by atoms with van der Waals surface area (Å²) in [6.07, 6.45) is 29.9. The van der Waals surface area contributed by atoms with Crippen molar-refractivity contribution >= 4 is 0 Å². The van der Waals surface area contributed by atoms with Crippen LogP contribution < -0.4 is 0 Å². The Kier molecular flexibility index (Phi) is 9.93. The molecule has 3 fully saturated rings. The molecule has 2 saturated carbocycles. The van der Waals surface area contributed by atoms with Crippen molar-refractivity contribution in [3.8, 4) is 0 Å². The molecular formula is C40H56O4. The van der Waals surface area contributed by atoms with Gasteiger partial charge in [-0.3, -0.25) is 0 Å². The lowest BCUT2D eigenvalue weighted by molar-refractivity contribution is -0.0683. The standard InChI is InChI=1S/C40H56O4/c1-28(17-13-18-30(3)21-22-40-37(7,8)25-33(42)27-39(40,10)44-40)15-11-12-16-29(2)19-14-20-31(4)34-23-35-36(5,6)24-32(41)26-38(35,9)43-34/h11-23,32-34,41-42H,24-27H2,1-10H3/b12-11+,17-13+,19-14+,22-21+,28-15+,29-16+,30-18+,31-20-. The van der Waals surface area contributed by atoms with Crippen LogP contribution in [0.5, 0.6) is 0 Å². The van der Waals surface area contributed by atoms with Crippen LogP contribution in [0.4, 0.5) is 0 Å². The van der Waals surface area contributed by atoms with E-state index in [4.69, 9.17) is 9.47 Å². The summed E-state index contributed by atoms with van der Waals surface area (Å²) < 4.78 is 12.7. The van der Waals surface area contributed by atoms with Crippen LogP contribution in [0.25, 0.3) is 0 Å². The van der Waals surface area contributed by atoms with Crippen molar-refractivity contribution in [1.29, 1.82) is 0 Å². The van der Waals surface area contributed by atoms with Crippen LogP contribution in [0.15, 0.2) is 107 Å². The molecule has 1 saturated heterocycles. The molecule has 2 aliphatic carbocycles. The Morgan fingerprint density at radius 1 is 0.705 bits per heavy atom. The number of ether oxygens (including phenoxy) is 2. The third-order valence-electron chi connectivity index (χ3n) is 10.2. The molecule has 240 valence electrons. The van der Waals surface area contributed by atoms with Crippen molar-refractivity contribution in [3.63, 3.8) is 0 Å². The van der Waals surface area contributed by atoms with Gasteiger partial charge in [0.25, 0.3) is 0 Å². The fraction of sp³-hybridized carbons (Fsp3) is 0.550. The topological polar surface area (TPSA) is 62.2 Å². The van der Waals surface area contributed by atoms with Gasteiger partial charge in [-0.25, -0.2) is 0 Å². The largest absolute Gasteiger partial charge is 0.393 e. The molecule has 0 amide bonds. The highest BCUT2D eigenvalue weighted by molar-refractivity contribution is 5.38. The van der Waals surface area contributed by atoms with Gasteiger partial charge < -0.3 is 19.7 Å². The average molecular weight is 601 g/mol. The van der Waals surface area contributed by atoms with Gasteiger partial charge in [0.2, 0.25) is 0 Å². The maximum absolute atomic E-state index is 10.4. The van der Waals surface area contributed by atoms with E-state index < -0.39 is 0 Å². The van der Waals surface area contributed by atoms with Gasteiger partial charge in [-0.1, -0.05) is 111 Å². The maximum atomic E-state index is 10.4. The Labute approximate surface area is 267 Å². The second kappa shape index (κ2) is 12.7. The zero-order chi connectivity index (χ0) is 32.6. The van der Waals surface area contributed by atoms with E-state index in [2.05, 4.69) is 148 Å². The first-order chi connectivity index (χ1) is 20.4. The molecule has 4 heteroatoms. The summed E-state index contributed by atoms with van der Waals surface area (Å²) in [7, 11) is 0. The molecule has 0 aromatic carbocycles. The van der Waals surface area contributed by atoms with Gasteiger partial charge in [0.05, 0.1) is 23.9 Å². The summed E-state index contributed by atoms with van der Waals surface area (Å²) >= 11 is 0. The normalized spacial score (nSPS) is 37.7. The molecule has 44 heavy (non-hydrogen) atoms. The summed E-state index contributed by atoms with van der Waals surface area (Å²) in [6.45, 7) is 21.5. The van der Waals surface area contributed by atoms with Gasteiger partial charge in [0, 0.05) is 18.3 Å². The van der Waals surface area contributed by atoms with E-state index in [-0.39, 0.29) is 45.9 Å². The van der Waals surface area contributed by atoms with E-state index in [0.717, 1.165) is 12.8 Å². The summed E-state index contributed by atoms with van der Waals surface area (Å²) in [5.74, 6) is 0. The highest BCUT2D eigenvalue weighted by Gasteiger charge is 2.74. The molecule has 0 bridgehead atoms. The minimum Gasteiger partial charge on any atom is -0.393 e. The number of rotatable bonds is 9. The lowest BCUT2D eigenvalue weighted by Crippen LogP contribution is -2.46. The smallest absolute Gasteiger partial charge is 0.121 e. The number of hydrogen-bond donors (Lipinski definition) is 2. The van der Waals surface area contributed by atoms with Crippen LogP contribution in [0.3, 0.4) is 0 Å². The Balaban J connectivity index is 1.27. The summed E-state index contributed by atoms with van der Waals surface area (Å²) in [6, 6.07) is 0. The zero-order valence-corrected chi connectivity index (χ0v) is 28.8. The highest BCUT2D eigenvalue weighted by atomic mass is 16.6. The molecular weight excluding hydrogens is 544 g/mol. The molecule has 0 radical (unpaired) electrons. The lowest BCUT2D eigenvalue weighted by Gasteiger charge is -2.44. The van der Waals surface area contributed by atoms with E-state index in [9.17, 15) is 10.2 Å². The Morgan fingerprint density at radius 2 is 1.25 bits per heavy atom. The predicted molar refractivity (Wildman–Crippen MR) is 183 cm³/mol. The number of epoxide rings is 1. The lowest BCUT2D eigenvalue weighted by atomic mass is 9.63. The highest BCUT2D eigenvalue weighted by Crippen LogP contribution is 2.66. The molecule has 4 nitrogen and oxygen atoms in total. The minimum absolute atomic E-state index is 0.0500. The molecule has 0 spiro atoms. The molecule has 6 atom stereocenters. The quantitative estimate of drug-likeness (QED) is 0.158. The van der Waals surface area contributed by atoms with Gasteiger partial charge in [0.15, 0.2) is 0 Å². The first kappa shape index (κ1) is 34.4. The van der Waals surface area contributed by atoms with Gasteiger partial charge >= 0.3 is 0 Å². The third-order valence-corrected chi connectivity index (χ3v) is 10.2. The number of aliphatic hydroxyl groups excluding tert-OH is 2. The maximum Gasteiger partial charge on any atom is 0.121 e. The molecule has 2 heterocycles. The fourth-order valence-electron chi connectivity index (χ4n) is 7.95. The molecule has 0 aromatic rings. The number of allylic oxidation sites excluding steroid dienone is 14. The van der Waals surface area contributed by atoms with E-state index in [0.29, 0.717) is 12.8 Å². The van der Waals surface area contributed by atoms with E-state index in [1.54, 1.807) is 0 Å². The minimum atomic E-state index is -0.385. The van der Waals surface area contributed by atoms with Gasteiger partial charge in [-0.15, -0.1) is 0 Å². The first-order valence-corrected chi connectivity index (χ1v) is 16.3. The van der Waals surface area contributed by atoms with E-state index in [1.807, 2.05) is 0 Å². The van der Waals surface area contributed by atoms with Gasteiger partial charge in [-0.05, 0) is 83.1 Å². The van der Waals surface area contributed by atoms with Crippen LogP contribution >= 0.6 is 0 Å². The third kappa shape index (κ3) is 7.31. The van der Waals surface area contributed by atoms with Crippen molar-refractivity contribution in [2.45, 2.75) is 130 Å². The van der Waals surface area contributed by atoms with E-state index >= 15 is 0 Å². The fourth-order valence-corrected chi connectivity index (χ4v) is 7.95. The van der Waals surface area contributed by atoms with Crippen molar-refractivity contribution in [1.82, 2.24) is 0 Å². The monoisotopic (exact) mass is 600 g/mol. The summed E-state index contributed by atoms with van der Waals surface area (Å²) in [5, 5.41) is 20.6. The molecule has 2 aliphatic heterocycles. The number of hydrogen-bond acceptors (Lipinski definition) is 4. The Bertz CT molecular complexity index is 1380. The second-order valence-corrected chi connectivity index (χ2v) is 15.4.